The van der Waals surface area contributed by atoms with Gasteiger partial charge in [-0.15, -0.1) is 11.3 Å². The first-order chi connectivity index (χ1) is 8.61. The van der Waals surface area contributed by atoms with Crippen molar-refractivity contribution >= 4 is 17.3 Å². The normalized spacial score (nSPS) is 21.2. The molecule has 1 saturated heterocycles. The van der Waals surface area contributed by atoms with Crippen LogP contribution < -0.4 is 0 Å². The second kappa shape index (κ2) is 5.77. The summed E-state index contributed by atoms with van der Waals surface area (Å²) in [5.41, 5.74) is 0.364. The highest BCUT2D eigenvalue weighted by molar-refractivity contribution is 7.09. The Morgan fingerprint density at radius 3 is 3.11 bits per heavy atom. The van der Waals surface area contributed by atoms with Gasteiger partial charge in [0.05, 0.1) is 13.7 Å². The third-order valence-electron chi connectivity index (χ3n) is 3.02. The minimum atomic E-state index is -0.394. The van der Waals surface area contributed by atoms with E-state index in [-0.39, 0.29) is 6.10 Å². The molecule has 1 unspecified atom stereocenters. The lowest BCUT2D eigenvalue weighted by Gasteiger charge is -2.34. The lowest BCUT2D eigenvalue weighted by Crippen LogP contribution is -2.42. The van der Waals surface area contributed by atoms with E-state index in [0.717, 1.165) is 18.1 Å². The third-order valence-corrected chi connectivity index (χ3v) is 3.96. The molecular formula is C12H18N2O3S. The van der Waals surface area contributed by atoms with Gasteiger partial charge in [-0.2, -0.15) is 0 Å². The van der Waals surface area contributed by atoms with Crippen molar-refractivity contribution in [1.82, 2.24) is 9.88 Å². The second-order valence-electron chi connectivity index (χ2n) is 4.51. The van der Waals surface area contributed by atoms with Gasteiger partial charge >= 0.3 is 5.97 Å². The number of ether oxygens (including phenoxy) is 2. The van der Waals surface area contributed by atoms with Crippen molar-refractivity contribution in [2.45, 2.75) is 26.0 Å². The van der Waals surface area contributed by atoms with Crippen LogP contribution in [0.4, 0.5) is 0 Å². The van der Waals surface area contributed by atoms with Gasteiger partial charge in [0, 0.05) is 24.5 Å². The highest BCUT2D eigenvalue weighted by Gasteiger charge is 2.26. The highest BCUT2D eigenvalue weighted by atomic mass is 32.1. The van der Waals surface area contributed by atoms with E-state index in [2.05, 4.69) is 28.5 Å². The van der Waals surface area contributed by atoms with E-state index in [1.54, 1.807) is 5.38 Å². The Labute approximate surface area is 111 Å². The van der Waals surface area contributed by atoms with E-state index >= 15 is 0 Å². The van der Waals surface area contributed by atoms with Crippen LogP contribution in [0.3, 0.4) is 0 Å². The summed E-state index contributed by atoms with van der Waals surface area (Å²) in [6.07, 6.45) is -0.0374. The summed E-state index contributed by atoms with van der Waals surface area (Å²) in [4.78, 5) is 18.0. The van der Waals surface area contributed by atoms with Crippen LogP contribution in [0.1, 0.15) is 35.4 Å². The molecule has 0 aromatic carbocycles. The molecular weight excluding hydrogens is 252 g/mol. The molecule has 0 aliphatic carbocycles. The molecule has 1 aromatic heterocycles. The smallest absolute Gasteiger partial charge is 0.357 e. The van der Waals surface area contributed by atoms with Crippen molar-refractivity contribution in [2.75, 3.05) is 26.8 Å². The summed E-state index contributed by atoms with van der Waals surface area (Å²) in [5, 5.41) is 2.57. The molecule has 1 aliphatic heterocycles. The Balaban J connectivity index is 2.07. The number of carbonyl (C=O) groups excluding carboxylic acids is 1. The zero-order valence-electron chi connectivity index (χ0n) is 10.9. The number of nitrogens with zero attached hydrogens (tertiary/aromatic N) is 2. The number of carbonyl (C=O) groups is 1. The van der Waals surface area contributed by atoms with E-state index in [4.69, 9.17) is 4.74 Å². The molecule has 5 nitrogen and oxygen atoms in total. The van der Waals surface area contributed by atoms with E-state index in [1.807, 2.05) is 0 Å². The van der Waals surface area contributed by atoms with Gasteiger partial charge in [0.25, 0.3) is 0 Å². The Morgan fingerprint density at radius 2 is 2.44 bits per heavy atom. The Kier molecular flexibility index (Phi) is 4.31. The first kappa shape index (κ1) is 13.5. The monoisotopic (exact) mass is 270 g/mol. The molecule has 6 heteroatoms. The van der Waals surface area contributed by atoms with Crippen molar-refractivity contribution in [3.05, 3.63) is 16.1 Å². The topological polar surface area (TPSA) is 51.7 Å². The standard InChI is InChI=1S/C12H18N2O3S/c1-8(2)14-4-5-17-10(6-14)11-13-9(7-18-11)12(15)16-3/h7-8,10H,4-6H2,1-3H3. The maximum Gasteiger partial charge on any atom is 0.357 e. The minimum Gasteiger partial charge on any atom is -0.464 e. The average molecular weight is 270 g/mol. The number of morpholine rings is 1. The van der Waals surface area contributed by atoms with Crippen LogP contribution in [-0.4, -0.2) is 48.7 Å². The molecule has 2 rings (SSSR count). The third kappa shape index (κ3) is 2.88. The lowest BCUT2D eigenvalue weighted by molar-refractivity contribution is -0.0403. The number of rotatable bonds is 3. The molecule has 1 aromatic rings. The fourth-order valence-electron chi connectivity index (χ4n) is 1.92. The van der Waals surface area contributed by atoms with Crippen LogP contribution in [0.5, 0.6) is 0 Å². The molecule has 0 bridgehead atoms. The minimum absolute atomic E-state index is 0.0374. The van der Waals surface area contributed by atoms with Gasteiger partial charge in [0.2, 0.25) is 0 Å². The number of hydrogen-bond acceptors (Lipinski definition) is 6. The molecule has 0 N–H and O–H groups in total. The van der Waals surface area contributed by atoms with Crippen molar-refractivity contribution in [3.63, 3.8) is 0 Å². The van der Waals surface area contributed by atoms with Crippen LogP contribution in [0.15, 0.2) is 5.38 Å². The molecule has 1 fully saturated rings. The van der Waals surface area contributed by atoms with Gasteiger partial charge in [-0.25, -0.2) is 9.78 Å². The maximum atomic E-state index is 11.4. The Morgan fingerprint density at radius 1 is 1.67 bits per heavy atom. The average Bonchev–Trinajstić information content (AvgIpc) is 2.87. The molecule has 0 saturated carbocycles. The fourth-order valence-corrected chi connectivity index (χ4v) is 2.75. The van der Waals surface area contributed by atoms with Gasteiger partial charge in [-0.1, -0.05) is 0 Å². The van der Waals surface area contributed by atoms with Gasteiger partial charge in [-0.3, -0.25) is 4.90 Å². The quantitative estimate of drug-likeness (QED) is 0.783. The zero-order valence-corrected chi connectivity index (χ0v) is 11.7. The first-order valence-electron chi connectivity index (χ1n) is 6.01. The Bertz CT molecular complexity index is 419. The van der Waals surface area contributed by atoms with Crippen molar-refractivity contribution < 1.29 is 14.3 Å². The molecule has 1 atom stereocenters. The van der Waals surface area contributed by atoms with E-state index in [9.17, 15) is 4.79 Å². The number of methoxy groups -OCH3 is 1. The highest BCUT2D eigenvalue weighted by Crippen LogP contribution is 2.26. The molecule has 0 amide bonds. The SMILES string of the molecule is COC(=O)c1csc(C2CN(C(C)C)CCO2)n1. The summed E-state index contributed by atoms with van der Waals surface area (Å²) in [5.74, 6) is -0.394. The van der Waals surface area contributed by atoms with Crippen molar-refractivity contribution in [1.29, 1.82) is 0 Å². The molecule has 0 spiro atoms. The van der Waals surface area contributed by atoms with Crippen LogP contribution in [0, 0.1) is 0 Å². The van der Waals surface area contributed by atoms with Crippen molar-refractivity contribution in [3.8, 4) is 0 Å². The van der Waals surface area contributed by atoms with Crippen LogP contribution in [-0.2, 0) is 9.47 Å². The number of esters is 1. The second-order valence-corrected chi connectivity index (χ2v) is 5.40. The summed E-state index contributed by atoms with van der Waals surface area (Å²) in [7, 11) is 1.36. The van der Waals surface area contributed by atoms with Crippen LogP contribution >= 0.6 is 11.3 Å². The van der Waals surface area contributed by atoms with Crippen LogP contribution in [0.25, 0.3) is 0 Å². The van der Waals surface area contributed by atoms with Crippen molar-refractivity contribution in [2.24, 2.45) is 0 Å². The van der Waals surface area contributed by atoms with E-state index in [1.165, 1.54) is 18.4 Å². The molecule has 18 heavy (non-hydrogen) atoms. The van der Waals surface area contributed by atoms with Gasteiger partial charge in [-0.05, 0) is 13.8 Å². The first-order valence-corrected chi connectivity index (χ1v) is 6.89. The predicted molar refractivity (Wildman–Crippen MR) is 68.9 cm³/mol. The summed E-state index contributed by atoms with van der Waals surface area (Å²) < 4.78 is 10.4. The molecule has 1 aliphatic rings. The van der Waals surface area contributed by atoms with Crippen LogP contribution in [0.2, 0.25) is 0 Å². The largest absolute Gasteiger partial charge is 0.464 e. The predicted octanol–water partition coefficient (Wildman–Crippen LogP) is 1.71. The number of hydrogen-bond donors (Lipinski definition) is 0. The maximum absolute atomic E-state index is 11.4. The van der Waals surface area contributed by atoms with Gasteiger partial charge in [0.15, 0.2) is 5.69 Å². The van der Waals surface area contributed by atoms with Gasteiger partial charge in [0.1, 0.15) is 11.1 Å². The fraction of sp³-hybridized carbons (Fsp3) is 0.667. The molecule has 100 valence electrons. The Hall–Kier alpha value is -0.980. The lowest BCUT2D eigenvalue weighted by atomic mass is 10.2. The summed E-state index contributed by atoms with van der Waals surface area (Å²) in [6.45, 7) is 6.82. The summed E-state index contributed by atoms with van der Waals surface area (Å²) in [6, 6.07) is 0.497. The van der Waals surface area contributed by atoms with E-state index < -0.39 is 5.97 Å². The zero-order chi connectivity index (χ0) is 13.1. The molecule has 0 radical (unpaired) electrons. The van der Waals surface area contributed by atoms with E-state index in [0.29, 0.717) is 18.3 Å². The number of thiazole rings is 1. The molecule has 2 heterocycles. The number of aromatic nitrogens is 1. The summed E-state index contributed by atoms with van der Waals surface area (Å²) >= 11 is 1.45. The van der Waals surface area contributed by atoms with Gasteiger partial charge < -0.3 is 9.47 Å².